The predicted octanol–water partition coefficient (Wildman–Crippen LogP) is 4.60. The first-order valence-electron chi connectivity index (χ1n) is 7.75. The summed E-state index contributed by atoms with van der Waals surface area (Å²) >= 11 is 0. The van der Waals surface area contributed by atoms with Gasteiger partial charge in [-0.3, -0.25) is 0 Å². The number of aryl methyl sites for hydroxylation is 1. The first-order chi connectivity index (χ1) is 10.2. The molecule has 0 atom stereocenters. The molecule has 3 rings (SSSR count). The Morgan fingerprint density at radius 2 is 1.95 bits per heavy atom. The van der Waals surface area contributed by atoms with E-state index in [-0.39, 0.29) is 5.52 Å². The Hall–Kier alpha value is -1.71. The topological polar surface area (TPSA) is 24.9 Å². The monoisotopic (exact) mass is 290 g/mol. The molecule has 112 valence electrons. The van der Waals surface area contributed by atoms with Crippen LogP contribution in [0.4, 0.5) is 14.5 Å². The highest BCUT2D eigenvalue weighted by molar-refractivity contribution is 5.94. The number of anilines is 1. The van der Waals surface area contributed by atoms with Crippen LogP contribution in [0.5, 0.6) is 0 Å². The molecule has 0 unspecified atom stereocenters. The molecule has 0 saturated heterocycles. The fourth-order valence-corrected chi connectivity index (χ4v) is 3.06. The first kappa shape index (κ1) is 14.2. The highest BCUT2D eigenvalue weighted by Crippen LogP contribution is 2.34. The summed E-state index contributed by atoms with van der Waals surface area (Å²) in [5.74, 6) is -1.66. The fraction of sp³-hybridized carbons (Fsp3) is 0.471. The zero-order valence-corrected chi connectivity index (χ0v) is 12.3. The summed E-state index contributed by atoms with van der Waals surface area (Å²) in [4.78, 5) is 4.45. The number of pyridine rings is 1. The number of hydrogen-bond donors (Lipinski definition) is 1. The molecule has 0 fully saturated rings. The quantitative estimate of drug-likeness (QED) is 0.835. The van der Waals surface area contributed by atoms with Gasteiger partial charge in [-0.15, -0.1) is 0 Å². The van der Waals surface area contributed by atoms with Gasteiger partial charge in [0.15, 0.2) is 11.6 Å². The van der Waals surface area contributed by atoms with Crippen molar-refractivity contribution in [2.75, 3.05) is 11.9 Å². The van der Waals surface area contributed by atoms with Crippen molar-refractivity contribution >= 4 is 16.6 Å². The van der Waals surface area contributed by atoms with Crippen LogP contribution in [0.25, 0.3) is 10.9 Å². The maximum absolute atomic E-state index is 14.1. The van der Waals surface area contributed by atoms with Crippen LogP contribution < -0.4 is 5.32 Å². The van der Waals surface area contributed by atoms with Crippen LogP contribution in [-0.4, -0.2) is 11.5 Å². The summed E-state index contributed by atoms with van der Waals surface area (Å²) in [5, 5.41) is 4.11. The van der Waals surface area contributed by atoms with E-state index in [0.29, 0.717) is 5.39 Å². The van der Waals surface area contributed by atoms with Gasteiger partial charge in [0.1, 0.15) is 5.52 Å². The summed E-state index contributed by atoms with van der Waals surface area (Å²) in [6.07, 6.45) is 6.16. The third kappa shape index (κ3) is 2.59. The molecule has 21 heavy (non-hydrogen) atoms. The van der Waals surface area contributed by atoms with Crippen molar-refractivity contribution in [3.63, 3.8) is 0 Å². The average Bonchev–Trinajstić information content (AvgIpc) is 2.73. The van der Waals surface area contributed by atoms with Crippen LogP contribution in [0.2, 0.25) is 0 Å². The second kappa shape index (κ2) is 5.96. The Balaban J connectivity index is 2.26. The number of nitrogens with zero attached hydrogens (tertiary/aromatic N) is 1. The number of nitrogens with one attached hydrogen (secondary N) is 1. The zero-order valence-electron chi connectivity index (χ0n) is 12.3. The van der Waals surface area contributed by atoms with Crippen molar-refractivity contribution in [3.05, 3.63) is 35.0 Å². The second-order valence-electron chi connectivity index (χ2n) is 5.66. The van der Waals surface area contributed by atoms with Crippen LogP contribution in [0, 0.1) is 11.6 Å². The van der Waals surface area contributed by atoms with Gasteiger partial charge in [0.25, 0.3) is 0 Å². The van der Waals surface area contributed by atoms with E-state index in [9.17, 15) is 8.78 Å². The standard InChI is InChI=1S/C17H20F2N2/c1-2-10-20-16-11-6-4-3-5-7-14(11)21-17-12(16)8-9-13(18)15(17)19/h8-9H,2-7,10H2,1H3,(H,20,21). The van der Waals surface area contributed by atoms with Gasteiger partial charge >= 0.3 is 0 Å². The molecule has 1 heterocycles. The number of hydrogen-bond acceptors (Lipinski definition) is 2. The van der Waals surface area contributed by atoms with Gasteiger partial charge in [-0.2, -0.15) is 0 Å². The smallest absolute Gasteiger partial charge is 0.185 e. The highest BCUT2D eigenvalue weighted by Gasteiger charge is 2.20. The van der Waals surface area contributed by atoms with E-state index in [0.717, 1.165) is 56.5 Å². The van der Waals surface area contributed by atoms with Gasteiger partial charge in [-0.1, -0.05) is 13.3 Å². The molecule has 0 amide bonds. The maximum Gasteiger partial charge on any atom is 0.185 e. The van der Waals surface area contributed by atoms with Crippen molar-refractivity contribution in [2.45, 2.75) is 45.4 Å². The summed E-state index contributed by atoms with van der Waals surface area (Å²) in [5.41, 5.74) is 3.24. The summed E-state index contributed by atoms with van der Waals surface area (Å²) in [6, 6.07) is 2.84. The van der Waals surface area contributed by atoms with Crippen LogP contribution in [0.15, 0.2) is 12.1 Å². The molecule has 0 radical (unpaired) electrons. The highest BCUT2D eigenvalue weighted by atomic mass is 19.2. The molecule has 0 aliphatic heterocycles. The third-order valence-corrected chi connectivity index (χ3v) is 4.13. The van der Waals surface area contributed by atoms with Crippen molar-refractivity contribution < 1.29 is 8.78 Å². The molecule has 1 N–H and O–H groups in total. The Bertz CT molecular complexity index is 668. The Kier molecular flexibility index (Phi) is 4.04. The number of benzene rings is 1. The van der Waals surface area contributed by atoms with Gasteiger partial charge in [-0.25, -0.2) is 13.8 Å². The number of halogens is 2. The lowest BCUT2D eigenvalue weighted by atomic mass is 10.0. The lowest BCUT2D eigenvalue weighted by Crippen LogP contribution is -2.08. The van der Waals surface area contributed by atoms with Crippen LogP contribution in [0.1, 0.15) is 43.9 Å². The van der Waals surface area contributed by atoms with Crippen molar-refractivity contribution in [1.29, 1.82) is 0 Å². The molecule has 0 bridgehead atoms. The van der Waals surface area contributed by atoms with Gasteiger partial charge in [0, 0.05) is 23.3 Å². The molecular weight excluding hydrogens is 270 g/mol. The molecule has 0 saturated carbocycles. The molecule has 1 aromatic heterocycles. The van der Waals surface area contributed by atoms with Crippen molar-refractivity contribution in [1.82, 2.24) is 4.98 Å². The van der Waals surface area contributed by atoms with E-state index >= 15 is 0 Å². The van der Waals surface area contributed by atoms with Crippen LogP contribution in [-0.2, 0) is 12.8 Å². The van der Waals surface area contributed by atoms with E-state index in [1.54, 1.807) is 6.07 Å². The molecule has 1 aliphatic rings. The summed E-state index contributed by atoms with van der Waals surface area (Å²) in [6.45, 7) is 2.92. The molecule has 1 aliphatic carbocycles. The minimum Gasteiger partial charge on any atom is -0.384 e. The Morgan fingerprint density at radius 3 is 2.76 bits per heavy atom. The van der Waals surface area contributed by atoms with Gasteiger partial charge < -0.3 is 5.32 Å². The Labute approximate surface area is 123 Å². The second-order valence-corrected chi connectivity index (χ2v) is 5.66. The van der Waals surface area contributed by atoms with Gasteiger partial charge in [0.05, 0.1) is 0 Å². The lowest BCUT2D eigenvalue weighted by molar-refractivity contribution is 0.515. The number of aromatic nitrogens is 1. The predicted molar refractivity (Wildman–Crippen MR) is 81.7 cm³/mol. The molecular formula is C17H20F2N2. The molecule has 4 heteroatoms. The summed E-state index contributed by atoms with van der Waals surface area (Å²) < 4.78 is 27.6. The van der Waals surface area contributed by atoms with Gasteiger partial charge in [-0.05, 0) is 49.8 Å². The van der Waals surface area contributed by atoms with Gasteiger partial charge in [0.2, 0.25) is 0 Å². The Morgan fingerprint density at radius 1 is 1.14 bits per heavy atom. The largest absolute Gasteiger partial charge is 0.384 e. The minimum atomic E-state index is -0.834. The number of rotatable bonds is 3. The van der Waals surface area contributed by atoms with E-state index in [2.05, 4.69) is 17.2 Å². The molecule has 0 spiro atoms. The molecule has 2 nitrogen and oxygen atoms in total. The van der Waals surface area contributed by atoms with E-state index in [4.69, 9.17) is 0 Å². The average molecular weight is 290 g/mol. The third-order valence-electron chi connectivity index (χ3n) is 4.13. The van der Waals surface area contributed by atoms with E-state index < -0.39 is 11.6 Å². The fourth-order valence-electron chi connectivity index (χ4n) is 3.06. The van der Waals surface area contributed by atoms with E-state index in [1.807, 2.05) is 0 Å². The summed E-state index contributed by atoms with van der Waals surface area (Å²) in [7, 11) is 0. The zero-order chi connectivity index (χ0) is 14.8. The molecule has 1 aromatic carbocycles. The van der Waals surface area contributed by atoms with E-state index in [1.165, 1.54) is 11.6 Å². The van der Waals surface area contributed by atoms with Crippen molar-refractivity contribution in [3.8, 4) is 0 Å². The van der Waals surface area contributed by atoms with Crippen molar-refractivity contribution in [2.24, 2.45) is 0 Å². The first-order valence-corrected chi connectivity index (χ1v) is 7.75. The van der Waals surface area contributed by atoms with Crippen LogP contribution >= 0.6 is 0 Å². The maximum atomic E-state index is 14.1. The minimum absolute atomic E-state index is 0.161. The normalized spacial score (nSPS) is 14.8. The van der Waals surface area contributed by atoms with Crippen LogP contribution in [0.3, 0.4) is 0 Å². The lowest BCUT2D eigenvalue weighted by Gasteiger charge is -2.17. The molecule has 2 aromatic rings. The number of fused-ring (bicyclic) bond motifs is 2. The SMILES string of the molecule is CCCNc1c2c(nc3c(F)c(F)ccc13)CCCCC2.